The van der Waals surface area contributed by atoms with Gasteiger partial charge >= 0.3 is 0 Å². The van der Waals surface area contributed by atoms with Crippen molar-refractivity contribution in [1.29, 1.82) is 0 Å². The van der Waals surface area contributed by atoms with Gasteiger partial charge in [-0.3, -0.25) is 0 Å². The molecule has 10 rings (SSSR count). The Morgan fingerprint density at radius 1 is 0.310 bits per heavy atom. The summed E-state index contributed by atoms with van der Waals surface area (Å²) in [5.74, 6) is 0. The largest absolute Gasteiger partial charge is 0.456 e. The fraction of sp³-hybridized carbons (Fsp3) is 0. The molecular weight excluding hydrogens is 512 g/mol. The highest BCUT2D eigenvalue weighted by atomic mass is 16.3. The predicted octanol–water partition coefficient (Wildman–Crippen LogP) is 11.6. The van der Waals surface area contributed by atoms with E-state index in [2.05, 4.69) is 121 Å². The third-order valence-corrected chi connectivity index (χ3v) is 9.05. The number of para-hydroxylation sites is 2. The van der Waals surface area contributed by atoms with Crippen molar-refractivity contribution in [2.24, 2.45) is 0 Å². The van der Waals surface area contributed by atoms with E-state index in [0.717, 1.165) is 55.0 Å². The molecule has 2 heteroatoms. The minimum atomic E-state index is 0.885. The molecule has 0 fully saturated rings. The van der Waals surface area contributed by atoms with E-state index in [4.69, 9.17) is 8.83 Å². The van der Waals surface area contributed by atoms with E-state index in [1.54, 1.807) is 0 Å². The number of hydrogen-bond acceptors (Lipinski definition) is 2. The second-order valence-electron chi connectivity index (χ2n) is 11.2. The van der Waals surface area contributed by atoms with Gasteiger partial charge in [-0.1, -0.05) is 109 Å². The fourth-order valence-electron chi connectivity index (χ4n) is 7.24. The van der Waals surface area contributed by atoms with Crippen molar-refractivity contribution in [2.45, 2.75) is 0 Å². The molecule has 1 aliphatic rings. The molecule has 0 spiro atoms. The molecule has 0 unspecified atom stereocenters. The Bertz CT molecular complexity index is 2550. The lowest BCUT2D eigenvalue weighted by atomic mass is 9.91. The first-order valence-electron chi connectivity index (χ1n) is 14.4. The smallest absolute Gasteiger partial charge is 0.143 e. The maximum absolute atomic E-state index is 6.44. The molecule has 42 heavy (non-hydrogen) atoms. The van der Waals surface area contributed by atoms with Crippen molar-refractivity contribution in [1.82, 2.24) is 0 Å². The van der Waals surface area contributed by atoms with Crippen LogP contribution in [0.2, 0.25) is 0 Å². The van der Waals surface area contributed by atoms with E-state index in [0.29, 0.717) is 0 Å². The minimum absolute atomic E-state index is 0.885. The van der Waals surface area contributed by atoms with Crippen LogP contribution in [-0.2, 0) is 0 Å². The summed E-state index contributed by atoms with van der Waals surface area (Å²) in [6, 6.07) is 47.6. The van der Waals surface area contributed by atoms with Crippen LogP contribution in [0.4, 0.5) is 0 Å². The maximum Gasteiger partial charge on any atom is 0.143 e. The molecular formula is C40H22O2. The average Bonchev–Trinajstić information content (AvgIpc) is 3.72. The highest BCUT2D eigenvalue weighted by Gasteiger charge is 2.23. The van der Waals surface area contributed by atoms with E-state index in [-0.39, 0.29) is 0 Å². The van der Waals surface area contributed by atoms with Gasteiger partial charge in [0.25, 0.3) is 0 Å². The van der Waals surface area contributed by atoms with E-state index in [1.165, 1.54) is 44.2 Å². The fourth-order valence-corrected chi connectivity index (χ4v) is 7.24. The van der Waals surface area contributed by atoms with Crippen LogP contribution < -0.4 is 0 Å². The quantitative estimate of drug-likeness (QED) is 0.220. The summed E-state index contributed by atoms with van der Waals surface area (Å²) in [5.41, 5.74) is 13.5. The molecule has 0 saturated heterocycles. The first-order valence-corrected chi connectivity index (χ1v) is 14.4. The van der Waals surface area contributed by atoms with Crippen LogP contribution >= 0.6 is 0 Å². The molecule has 2 heterocycles. The first-order chi connectivity index (χ1) is 20.8. The number of furan rings is 2. The van der Waals surface area contributed by atoms with Gasteiger partial charge in [0.05, 0.1) is 0 Å². The van der Waals surface area contributed by atoms with E-state index < -0.39 is 0 Å². The normalized spacial score (nSPS) is 12.3. The van der Waals surface area contributed by atoms with Crippen molar-refractivity contribution >= 4 is 54.6 Å². The molecule has 0 atom stereocenters. The number of benzene rings is 7. The highest BCUT2D eigenvalue weighted by molar-refractivity contribution is 6.22. The molecule has 194 valence electrons. The molecule has 2 aromatic heterocycles. The van der Waals surface area contributed by atoms with Gasteiger partial charge in [-0.25, -0.2) is 0 Å². The average molecular weight is 535 g/mol. The van der Waals surface area contributed by atoms with Crippen LogP contribution in [0.5, 0.6) is 0 Å². The van der Waals surface area contributed by atoms with Crippen LogP contribution in [0.1, 0.15) is 0 Å². The van der Waals surface area contributed by atoms with Crippen LogP contribution in [0, 0.1) is 0 Å². The van der Waals surface area contributed by atoms with Crippen molar-refractivity contribution in [3.63, 3.8) is 0 Å². The summed E-state index contributed by atoms with van der Waals surface area (Å²) in [4.78, 5) is 0. The lowest BCUT2D eigenvalue weighted by Crippen LogP contribution is -1.85. The predicted molar refractivity (Wildman–Crippen MR) is 174 cm³/mol. The molecule has 9 aromatic rings. The second kappa shape index (κ2) is 7.99. The van der Waals surface area contributed by atoms with Gasteiger partial charge in [-0.05, 0) is 74.0 Å². The summed E-state index contributed by atoms with van der Waals surface area (Å²) in [6.45, 7) is 0. The summed E-state index contributed by atoms with van der Waals surface area (Å²) in [7, 11) is 0. The zero-order valence-electron chi connectivity index (χ0n) is 22.5. The molecule has 1 aliphatic carbocycles. The number of rotatable bonds is 2. The molecule has 0 saturated carbocycles. The second-order valence-corrected chi connectivity index (χ2v) is 11.2. The molecule has 0 aliphatic heterocycles. The van der Waals surface area contributed by atoms with Crippen LogP contribution in [0.15, 0.2) is 142 Å². The van der Waals surface area contributed by atoms with Crippen LogP contribution in [0.3, 0.4) is 0 Å². The standard InChI is InChI=1S/C40H22O2/c1-2-9-26-25(8-1)29-12-6-13-30-27(19-20-32(26)38(29)30)31-14-7-17-37-39(31)34-22-23(18-21-36(34)41-37)24-11-5-15-33-28-10-3-4-16-35(28)42-40(24)33/h1-22H. The molecule has 2 nitrogen and oxygen atoms in total. The lowest BCUT2D eigenvalue weighted by molar-refractivity contribution is 0.668. The molecule has 0 amide bonds. The van der Waals surface area contributed by atoms with E-state index in [1.807, 2.05) is 12.1 Å². The summed E-state index contributed by atoms with van der Waals surface area (Å²) in [5, 5.41) is 7.13. The molecule has 0 N–H and O–H groups in total. The third kappa shape index (κ3) is 2.83. The Kier molecular flexibility index (Phi) is 4.21. The Balaban J connectivity index is 1.24. The lowest BCUT2D eigenvalue weighted by Gasteiger charge is -2.11. The maximum atomic E-state index is 6.44. The van der Waals surface area contributed by atoms with Gasteiger partial charge in [0, 0.05) is 27.1 Å². The SMILES string of the molecule is c1ccc2c(c1)-c1cccc3c(-c4cccc5oc6ccc(-c7cccc8c7oc7ccccc78)cc6c45)ccc-2c13. The van der Waals surface area contributed by atoms with Crippen molar-refractivity contribution < 1.29 is 8.83 Å². The Morgan fingerprint density at radius 3 is 1.79 bits per heavy atom. The summed E-state index contributed by atoms with van der Waals surface area (Å²) >= 11 is 0. The zero-order valence-corrected chi connectivity index (χ0v) is 22.5. The van der Waals surface area contributed by atoms with Gasteiger partial charge in [-0.15, -0.1) is 0 Å². The minimum Gasteiger partial charge on any atom is -0.456 e. The number of fused-ring (bicyclic) bond motifs is 9. The van der Waals surface area contributed by atoms with E-state index >= 15 is 0 Å². The van der Waals surface area contributed by atoms with Gasteiger partial charge in [-0.2, -0.15) is 0 Å². The van der Waals surface area contributed by atoms with Gasteiger partial charge in [0.15, 0.2) is 0 Å². The topological polar surface area (TPSA) is 26.3 Å². The van der Waals surface area contributed by atoms with Gasteiger partial charge in [0.2, 0.25) is 0 Å². The Labute approximate surface area is 241 Å². The summed E-state index contributed by atoms with van der Waals surface area (Å²) < 4.78 is 12.8. The highest BCUT2D eigenvalue weighted by Crippen LogP contribution is 2.50. The Hall–Kier alpha value is -5.60. The molecule has 0 bridgehead atoms. The third-order valence-electron chi connectivity index (χ3n) is 9.05. The van der Waals surface area contributed by atoms with Gasteiger partial charge < -0.3 is 8.83 Å². The molecule has 0 radical (unpaired) electrons. The van der Waals surface area contributed by atoms with Crippen LogP contribution in [-0.4, -0.2) is 0 Å². The van der Waals surface area contributed by atoms with Gasteiger partial charge in [0.1, 0.15) is 22.3 Å². The monoisotopic (exact) mass is 534 g/mol. The van der Waals surface area contributed by atoms with E-state index in [9.17, 15) is 0 Å². The van der Waals surface area contributed by atoms with Crippen molar-refractivity contribution in [3.05, 3.63) is 133 Å². The zero-order chi connectivity index (χ0) is 27.4. The van der Waals surface area contributed by atoms with Crippen molar-refractivity contribution in [3.8, 4) is 44.5 Å². The van der Waals surface area contributed by atoms with Crippen molar-refractivity contribution in [2.75, 3.05) is 0 Å². The first kappa shape index (κ1) is 22.1. The summed E-state index contributed by atoms with van der Waals surface area (Å²) in [6.07, 6.45) is 0. The number of hydrogen-bond donors (Lipinski definition) is 0. The van der Waals surface area contributed by atoms with Crippen LogP contribution in [0.25, 0.3) is 99.2 Å². The molecule has 7 aromatic carbocycles. The Morgan fingerprint density at radius 2 is 0.905 bits per heavy atom.